The Labute approximate surface area is 382 Å². The molecule has 0 bridgehead atoms. The maximum atomic E-state index is 12.8. The smallest absolute Gasteiger partial charge is 0.306 e. The quantitative estimate of drug-likeness (QED) is 0.0260. The zero-order chi connectivity index (χ0) is 45.6. The Kier molecular flexibility index (Phi) is 42.9. The Hall–Kier alpha value is -2.71. The van der Waals surface area contributed by atoms with E-state index < -0.39 is 18.1 Å². The second kappa shape index (κ2) is 44.9. The van der Waals surface area contributed by atoms with Crippen molar-refractivity contribution in [2.24, 2.45) is 0 Å². The number of carbonyl (C=O) groups is 3. The van der Waals surface area contributed by atoms with E-state index in [-0.39, 0.29) is 42.7 Å². The topological polar surface area (TPSA) is 102 Å². The van der Waals surface area contributed by atoms with Gasteiger partial charge >= 0.3 is 11.9 Å². The number of carboxylic acid groups (broad SMARTS) is 1. The molecule has 0 aliphatic carbocycles. The summed E-state index contributed by atoms with van der Waals surface area (Å²) in [4.78, 5) is 37.0. The first-order chi connectivity index (χ1) is 30.1. The van der Waals surface area contributed by atoms with E-state index >= 15 is 0 Å². The molecule has 0 aromatic rings. The van der Waals surface area contributed by atoms with Crippen LogP contribution in [0.1, 0.15) is 226 Å². The van der Waals surface area contributed by atoms with E-state index in [1.54, 1.807) is 21.1 Å². The van der Waals surface area contributed by atoms with Gasteiger partial charge in [-0.2, -0.15) is 0 Å². The lowest BCUT2D eigenvalue weighted by atomic mass is 10.0. The van der Waals surface area contributed by atoms with Crippen LogP contribution in [0.15, 0.2) is 48.6 Å². The van der Waals surface area contributed by atoms with Crippen LogP contribution in [-0.4, -0.2) is 75.5 Å². The highest BCUT2D eigenvalue weighted by atomic mass is 16.6. The minimum Gasteiger partial charge on any atom is -0.544 e. The first-order valence-corrected chi connectivity index (χ1v) is 25.7. The summed E-state index contributed by atoms with van der Waals surface area (Å²) in [5, 5.41) is 11.7. The SMILES string of the molecule is CC/C=C\C/C=C\C/C=C\C/C=C\CCCCCCC(=O)OC(COCCC(C(=O)[O-])[N+](C)(C)C)COC(=O)CCCCCCCCCCCCCCCCCCCCCCC. The lowest BCUT2D eigenvalue weighted by molar-refractivity contribution is -0.889. The molecule has 0 aliphatic heterocycles. The van der Waals surface area contributed by atoms with Crippen molar-refractivity contribution < 1.29 is 38.2 Å². The van der Waals surface area contributed by atoms with E-state index in [0.717, 1.165) is 77.0 Å². The van der Waals surface area contributed by atoms with Crippen LogP contribution >= 0.6 is 0 Å². The van der Waals surface area contributed by atoms with Crippen LogP contribution in [0.5, 0.6) is 0 Å². The van der Waals surface area contributed by atoms with E-state index in [9.17, 15) is 19.5 Å². The predicted octanol–water partition coefficient (Wildman–Crippen LogP) is 13.4. The monoisotopic (exact) mass is 872 g/mol. The molecule has 8 nitrogen and oxygen atoms in total. The van der Waals surface area contributed by atoms with Gasteiger partial charge < -0.3 is 28.6 Å². The molecule has 0 spiro atoms. The number of likely N-dealkylation sites (N-methyl/N-ethyl adjacent to an activating group) is 1. The zero-order valence-corrected chi connectivity index (χ0v) is 41.0. The van der Waals surface area contributed by atoms with Crippen molar-refractivity contribution in [3.05, 3.63) is 48.6 Å². The minimum atomic E-state index is -1.13. The highest BCUT2D eigenvalue weighted by molar-refractivity contribution is 5.70. The number of ether oxygens (including phenoxy) is 3. The van der Waals surface area contributed by atoms with Crippen LogP contribution < -0.4 is 5.11 Å². The lowest BCUT2D eigenvalue weighted by Gasteiger charge is -2.34. The van der Waals surface area contributed by atoms with Crippen LogP contribution in [0.3, 0.4) is 0 Å². The van der Waals surface area contributed by atoms with Crippen LogP contribution in [0, 0.1) is 0 Å². The second-order valence-corrected chi connectivity index (χ2v) is 18.4. The van der Waals surface area contributed by atoms with Gasteiger partial charge in [0, 0.05) is 19.3 Å². The van der Waals surface area contributed by atoms with Crippen LogP contribution in [0.4, 0.5) is 0 Å². The van der Waals surface area contributed by atoms with E-state index in [1.165, 1.54) is 116 Å². The molecule has 0 saturated carbocycles. The number of hydrogen-bond donors (Lipinski definition) is 0. The average molecular weight is 872 g/mol. The second-order valence-electron chi connectivity index (χ2n) is 18.4. The Bertz CT molecular complexity index is 1150. The molecule has 62 heavy (non-hydrogen) atoms. The van der Waals surface area contributed by atoms with E-state index in [0.29, 0.717) is 12.8 Å². The molecule has 0 saturated heterocycles. The highest BCUT2D eigenvalue weighted by Crippen LogP contribution is 2.16. The van der Waals surface area contributed by atoms with Gasteiger partial charge in [-0.3, -0.25) is 9.59 Å². The van der Waals surface area contributed by atoms with Crippen molar-refractivity contribution >= 4 is 17.9 Å². The highest BCUT2D eigenvalue weighted by Gasteiger charge is 2.25. The third kappa shape index (κ3) is 42.6. The van der Waals surface area contributed by atoms with Crippen molar-refractivity contribution in [2.75, 3.05) is 41.0 Å². The molecule has 0 fully saturated rings. The molecular formula is C54H97NO7. The maximum Gasteiger partial charge on any atom is 0.306 e. The van der Waals surface area contributed by atoms with Gasteiger partial charge in [-0.15, -0.1) is 0 Å². The van der Waals surface area contributed by atoms with Crippen molar-refractivity contribution in [1.29, 1.82) is 0 Å². The van der Waals surface area contributed by atoms with E-state index in [1.807, 2.05) is 0 Å². The van der Waals surface area contributed by atoms with Gasteiger partial charge in [0.05, 0.1) is 40.3 Å². The van der Waals surface area contributed by atoms with Gasteiger partial charge in [0.15, 0.2) is 6.10 Å². The molecule has 0 heterocycles. The molecule has 0 aromatic heterocycles. The number of carboxylic acids is 1. The summed E-state index contributed by atoms with van der Waals surface area (Å²) in [5.74, 6) is -1.76. The van der Waals surface area contributed by atoms with Crippen molar-refractivity contribution in [3.8, 4) is 0 Å². The molecule has 2 unspecified atom stereocenters. The minimum absolute atomic E-state index is 0.0319. The molecule has 0 aliphatic rings. The number of aliphatic carboxylic acids is 1. The van der Waals surface area contributed by atoms with E-state index in [4.69, 9.17) is 14.2 Å². The van der Waals surface area contributed by atoms with Crippen molar-refractivity contribution in [1.82, 2.24) is 0 Å². The van der Waals surface area contributed by atoms with Crippen molar-refractivity contribution in [3.63, 3.8) is 0 Å². The lowest BCUT2D eigenvalue weighted by Crippen LogP contribution is -2.55. The molecular weight excluding hydrogens is 775 g/mol. The molecule has 0 radical (unpaired) electrons. The molecule has 0 amide bonds. The first kappa shape index (κ1) is 59.3. The molecule has 0 rings (SSSR count). The fraction of sp³-hybridized carbons (Fsp3) is 0.796. The van der Waals surface area contributed by atoms with E-state index in [2.05, 4.69) is 62.5 Å². The molecule has 8 heteroatoms. The first-order valence-electron chi connectivity index (χ1n) is 25.7. The standard InChI is InChI=1S/C54H97NO7/c1-6-8-10-12-14-16-18-20-22-24-25-26-27-29-30-32-34-36-38-40-42-44-52(56)61-49-50(48-60-47-46-51(54(58)59)55(3,4)5)62-53(57)45-43-41-39-37-35-33-31-28-23-21-19-17-15-13-11-9-7-2/h9,11,15,17,21,23,31,33,50-51H,6-8,10,12-14,16,18-20,22,24-30,32,34-49H2,1-5H3/b11-9-,17-15-,23-21-,33-31-. The Morgan fingerprint density at radius 2 is 0.903 bits per heavy atom. The number of nitrogens with zero attached hydrogens (tertiary/aromatic N) is 1. The average Bonchev–Trinajstić information content (AvgIpc) is 3.23. The van der Waals surface area contributed by atoms with Gasteiger partial charge in [0.1, 0.15) is 12.6 Å². The van der Waals surface area contributed by atoms with Gasteiger partial charge in [-0.1, -0.05) is 204 Å². The van der Waals surface area contributed by atoms with Crippen molar-refractivity contribution in [2.45, 2.75) is 238 Å². The summed E-state index contributed by atoms with van der Waals surface area (Å²) in [6.07, 6.45) is 54.3. The summed E-state index contributed by atoms with van der Waals surface area (Å²) in [6.45, 7) is 4.55. The Morgan fingerprint density at radius 3 is 1.34 bits per heavy atom. The summed E-state index contributed by atoms with van der Waals surface area (Å²) < 4.78 is 17.2. The number of quaternary nitrogens is 1. The number of hydrogen-bond acceptors (Lipinski definition) is 7. The third-order valence-corrected chi connectivity index (χ3v) is 11.5. The molecule has 0 aromatic carbocycles. The molecule has 0 N–H and O–H groups in total. The summed E-state index contributed by atoms with van der Waals surface area (Å²) in [6, 6.07) is -0.731. The molecule has 2 atom stereocenters. The number of unbranched alkanes of at least 4 members (excludes halogenated alkanes) is 24. The summed E-state index contributed by atoms with van der Waals surface area (Å²) >= 11 is 0. The van der Waals surface area contributed by atoms with Gasteiger partial charge in [-0.25, -0.2) is 0 Å². The van der Waals surface area contributed by atoms with Crippen LogP contribution in [-0.2, 0) is 28.6 Å². The van der Waals surface area contributed by atoms with Gasteiger partial charge in [0.25, 0.3) is 0 Å². The fourth-order valence-corrected chi connectivity index (χ4v) is 7.53. The van der Waals surface area contributed by atoms with Crippen LogP contribution in [0.25, 0.3) is 0 Å². The molecule has 360 valence electrons. The normalized spacial score (nSPS) is 13.2. The Morgan fingerprint density at radius 1 is 0.500 bits per heavy atom. The number of carbonyl (C=O) groups excluding carboxylic acids is 3. The fourth-order valence-electron chi connectivity index (χ4n) is 7.53. The maximum absolute atomic E-state index is 12.8. The van der Waals surface area contributed by atoms with Crippen LogP contribution in [0.2, 0.25) is 0 Å². The number of allylic oxidation sites excluding steroid dienone is 8. The summed E-state index contributed by atoms with van der Waals surface area (Å²) in [7, 11) is 5.41. The van der Waals surface area contributed by atoms with Gasteiger partial charge in [-0.05, 0) is 51.4 Å². The van der Waals surface area contributed by atoms with Gasteiger partial charge in [0.2, 0.25) is 0 Å². The number of rotatable bonds is 46. The Balaban J connectivity index is 4.24. The zero-order valence-electron chi connectivity index (χ0n) is 41.0. The largest absolute Gasteiger partial charge is 0.544 e. The predicted molar refractivity (Wildman–Crippen MR) is 259 cm³/mol. The number of esters is 2. The third-order valence-electron chi connectivity index (χ3n) is 11.5. The summed E-state index contributed by atoms with van der Waals surface area (Å²) in [5.41, 5.74) is 0.